The maximum Gasteiger partial charge on any atom is 0.242 e. The summed E-state index contributed by atoms with van der Waals surface area (Å²) >= 11 is 0. The number of amides is 1. The van der Waals surface area contributed by atoms with Gasteiger partial charge in [0.2, 0.25) is 15.9 Å². The summed E-state index contributed by atoms with van der Waals surface area (Å²) < 4.78 is 27.4. The molecule has 2 aromatic rings. The molecule has 0 aromatic heterocycles. The zero-order valence-corrected chi connectivity index (χ0v) is 12.7. The number of hydrogen-bond acceptors (Lipinski definition) is 3. The summed E-state index contributed by atoms with van der Waals surface area (Å²) in [5.74, 6) is -0.361. The molecule has 0 radical (unpaired) electrons. The highest BCUT2D eigenvalue weighted by Crippen LogP contribution is 2.20. The minimum Gasteiger partial charge on any atom is -0.329 e. The van der Waals surface area contributed by atoms with Gasteiger partial charge < -0.3 is 5.32 Å². The minimum atomic E-state index is -3.74. The van der Waals surface area contributed by atoms with Crippen LogP contribution in [0.25, 0.3) is 10.8 Å². The van der Waals surface area contributed by atoms with E-state index in [4.69, 9.17) is 0 Å². The zero-order chi connectivity index (χ0) is 15.7. The second-order valence-corrected chi connectivity index (χ2v) is 7.03. The molecule has 2 N–H and O–H groups in total. The maximum atomic E-state index is 12.5. The van der Waals surface area contributed by atoms with E-state index < -0.39 is 16.1 Å². The van der Waals surface area contributed by atoms with Crippen molar-refractivity contribution in [1.29, 1.82) is 0 Å². The van der Waals surface area contributed by atoms with Crippen LogP contribution in [0.3, 0.4) is 0 Å². The summed E-state index contributed by atoms with van der Waals surface area (Å²) in [5, 5.41) is 4.38. The summed E-state index contributed by atoms with van der Waals surface area (Å²) in [6.07, 6.45) is 0.980. The summed E-state index contributed by atoms with van der Waals surface area (Å²) in [6, 6.07) is 11.7. The summed E-state index contributed by atoms with van der Waals surface area (Å²) in [6.45, 7) is 3.68. The van der Waals surface area contributed by atoms with Crippen LogP contribution in [0.5, 0.6) is 0 Å². The average molecular weight is 316 g/mol. The van der Waals surface area contributed by atoms with Gasteiger partial charge in [-0.1, -0.05) is 36.9 Å². The molecule has 1 atom stereocenters. The van der Waals surface area contributed by atoms with E-state index in [1.807, 2.05) is 24.3 Å². The molecular weight excluding hydrogens is 300 g/mol. The molecule has 114 valence electrons. The number of fused-ring (bicyclic) bond motifs is 1. The topological polar surface area (TPSA) is 75.3 Å². The minimum absolute atomic E-state index is 0.156. The monoisotopic (exact) mass is 316 g/mol. The number of carbonyl (C=O) groups excluding carboxylic acids is 1. The van der Waals surface area contributed by atoms with Crippen LogP contribution >= 0.6 is 0 Å². The molecule has 5 nitrogen and oxygen atoms in total. The van der Waals surface area contributed by atoms with Crippen molar-refractivity contribution in [2.75, 3.05) is 0 Å². The molecule has 3 rings (SSSR count). The zero-order valence-electron chi connectivity index (χ0n) is 11.9. The first-order valence-electron chi connectivity index (χ1n) is 6.95. The molecule has 1 amide bonds. The molecule has 1 unspecified atom stereocenters. The van der Waals surface area contributed by atoms with Crippen molar-refractivity contribution in [2.24, 2.45) is 0 Å². The van der Waals surface area contributed by atoms with Crippen LogP contribution in [0.2, 0.25) is 0 Å². The molecule has 22 heavy (non-hydrogen) atoms. The Kier molecular flexibility index (Phi) is 3.72. The molecule has 1 aliphatic heterocycles. The van der Waals surface area contributed by atoms with Gasteiger partial charge in [0.25, 0.3) is 0 Å². The number of nitrogens with one attached hydrogen (secondary N) is 2. The third-order valence-corrected chi connectivity index (χ3v) is 5.15. The number of sulfonamides is 1. The van der Waals surface area contributed by atoms with Crippen molar-refractivity contribution in [2.45, 2.75) is 23.8 Å². The highest BCUT2D eigenvalue weighted by molar-refractivity contribution is 7.89. The van der Waals surface area contributed by atoms with Crippen molar-refractivity contribution in [3.63, 3.8) is 0 Å². The fraction of sp³-hybridized carbons (Fsp3) is 0.188. The highest BCUT2D eigenvalue weighted by atomic mass is 32.2. The predicted molar refractivity (Wildman–Crippen MR) is 84.6 cm³/mol. The largest absolute Gasteiger partial charge is 0.329 e. The van der Waals surface area contributed by atoms with Gasteiger partial charge in [-0.25, -0.2) is 8.42 Å². The second kappa shape index (κ2) is 5.55. The quantitative estimate of drug-likeness (QED) is 0.908. The molecule has 1 saturated heterocycles. The Bertz CT molecular complexity index is 859. The summed E-state index contributed by atoms with van der Waals surface area (Å²) in [4.78, 5) is 12.0. The van der Waals surface area contributed by atoms with Gasteiger partial charge in [0.05, 0.1) is 4.90 Å². The number of piperidine rings is 1. The SMILES string of the molecule is C=C1CCC(NS(=O)(=O)c2ccc3ccccc3c2)C(=O)N1. The van der Waals surface area contributed by atoms with E-state index in [1.54, 1.807) is 18.2 Å². The standard InChI is InChI=1S/C16H16N2O3S/c1-11-6-9-15(16(19)17-11)18-22(20,21)14-8-7-12-4-2-3-5-13(12)10-14/h2-5,7-8,10,15,18H,1,6,9H2,(H,17,19). The van der Waals surface area contributed by atoms with Crippen LogP contribution < -0.4 is 10.0 Å². The molecular formula is C16H16N2O3S. The van der Waals surface area contributed by atoms with Crippen molar-refractivity contribution in [3.05, 3.63) is 54.7 Å². The van der Waals surface area contributed by atoms with E-state index in [-0.39, 0.29) is 10.8 Å². The van der Waals surface area contributed by atoms with Gasteiger partial charge in [-0.3, -0.25) is 4.79 Å². The van der Waals surface area contributed by atoms with Crippen LogP contribution in [0.4, 0.5) is 0 Å². The van der Waals surface area contributed by atoms with Crippen LogP contribution in [-0.2, 0) is 14.8 Å². The van der Waals surface area contributed by atoms with Crippen LogP contribution in [-0.4, -0.2) is 20.4 Å². The van der Waals surface area contributed by atoms with E-state index in [1.165, 1.54) is 0 Å². The summed E-state index contributed by atoms with van der Waals surface area (Å²) in [5.41, 5.74) is 0.617. The van der Waals surface area contributed by atoms with Crippen LogP contribution in [0, 0.1) is 0 Å². The maximum absolute atomic E-state index is 12.5. The predicted octanol–water partition coefficient (Wildman–Crippen LogP) is 1.91. The summed E-state index contributed by atoms with van der Waals surface area (Å²) in [7, 11) is -3.74. The number of allylic oxidation sites excluding steroid dienone is 1. The van der Waals surface area contributed by atoms with Gasteiger partial charge in [0.1, 0.15) is 6.04 Å². The van der Waals surface area contributed by atoms with E-state index in [9.17, 15) is 13.2 Å². The molecule has 1 heterocycles. The first kappa shape index (κ1) is 14.7. The van der Waals surface area contributed by atoms with Crippen LogP contribution in [0.1, 0.15) is 12.8 Å². The van der Waals surface area contributed by atoms with Crippen molar-refractivity contribution in [3.8, 4) is 0 Å². The van der Waals surface area contributed by atoms with E-state index >= 15 is 0 Å². The highest BCUT2D eigenvalue weighted by Gasteiger charge is 2.28. The Balaban J connectivity index is 1.88. The first-order chi connectivity index (χ1) is 10.5. The molecule has 0 saturated carbocycles. The normalized spacial score (nSPS) is 19.2. The van der Waals surface area contributed by atoms with Gasteiger partial charge in [0.15, 0.2) is 0 Å². The molecule has 1 aliphatic rings. The number of benzene rings is 2. The Morgan fingerprint density at radius 2 is 1.86 bits per heavy atom. The fourth-order valence-electron chi connectivity index (χ4n) is 2.48. The first-order valence-corrected chi connectivity index (χ1v) is 8.44. The lowest BCUT2D eigenvalue weighted by Gasteiger charge is -2.24. The van der Waals surface area contributed by atoms with E-state index in [0.29, 0.717) is 18.5 Å². The molecule has 2 aromatic carbocycles. The number of hydrogen-bond donors (Lipinski definition) is 2. The average Bonchev–Trinajstić information content (AvgIpc) is 2.49. The van der Waals surface area contributed by atoms with Gasteiger partial charge >= 0.3 is 0 Å². The van der Waals surface area contributed by atoms with Crippen molar-refractivity contribution < 1.29 is 13.2 Å². The molecule has 0 aliphatic carbocycles. The van der Waals surface area contributed by atoms with Crippen molar-refractivity contribution in [1.82, 2.24) is 10.0 Å². The Hall–Kier alpha value is -2.18. The second-order valence-electron chi connectivity index (χ2n) is 5.31. The van der Waals surface area contributed by atoms with Gasteiger partial charge in [-0.2, -0.15) is 4.72 Å². The molecule has 0 spiro atoms. The van der Waals surface area contributed by atoms with Gasteiger partial charge in [-0.05, 0) is 35.7 Å². The Morgan fingerprint density at radius 3 is 2.59 bits per heavy atom. The molecule has 1 fully saturated rings. The number of rotatable bonds is 3. The Labute approximate surface area is 129 Å². The van der Waals surface area contributed by atoms with Crippen molar-refractivity contribution >= 4 is 26.7 Å². The third kappa shape index (κ3) is 2.88. The lowest BCUT2D eigenvalue weighted by Crippen LogP contribution is -2.49. The molecule has 6 heteroatoms. The van der Waals surface area contributed by atoms with Crippen LogP contribution in [0.15, 0.2) is 59.6 Å². The Morgan fingerprint density at radius 1 is 1.14 bits per heavy atom. The number of carbonyl (C=O) groups is 1. The lowest BCUT2D eigenvalue weighted by molar-refractivity contribution is -0.123. The smallest absolute Gasteiger partial charge is 0.242 e. The van der Waals surface area contributed by atoms with E-state index in [2.05, 4.69) is 16.6 Å². The third-order valence-electron chi connectivity index (χ3n) is 3.68. The van der Waals surface area contributed by atoms with Gasteiger partial charge in [0, 0.05) is 5.70 Å². The van der Waals surface area contributed by atoms with Gasteiger partial charge in [-0.15, -0.1) is 0 Å². The molecule has 0 bridgehead atoms. The van der Waals surface area contributed by atoms with E-state index in [0.717, 1.165) is 10.8 Å². The fourth-order valence-corrected chi connectivity index (χ4v) is 3.74. The lowest BCUT2D eigenvalue weighted by atomic mass is 10.1.